The van der Waals surface area contributed by atoms with E-state index in [2.05, 4.69) is 15.3 Å². The van der Waals surface area contributed by atoms with Crippen molar-refractivity contribution in [3.05, 3.63) is 70.0 Å². The molecule has 0 spiro atoms. The van der Waals surface area contributed by atoms with Crippen LogP contribution in [-0.2, 0) is 0 Å². The van der Waals surface area contributed by atoms with Crippen LogP contribution in [-0.4, -0.2) is 32.2 Å². The second-order valence-corrected chi connectivity index (χ2v) is 5.59. The number of carboxylic acid groups (broad SMARTS) is 1. The van der Waals surface area contributed by atoms with Crippen LogP contribution in [0.15, 0.2) is 53.6 Å². The van der Waals surface area contributed by atoms with Crippen molar-refractivity contribution in [2.45, 2.75) is 6.92 Å². The van der Waals surface area contributed by atoms with Crippen molar-refractivity contribution in [1.29, 1.82) is 0 Å². The molecule has 6 nitrogen and oxygen atoms in total. The third-order valence-electron chi connectivity index (χ3n) is 3.44. The molecule has 0 aliphatic heterocycles. The number of benzene rings is 2. The van der Waals surface area contributed by atoms with E-state index in [1.807, 2.05) is 31.2 Å². The van der Waals surface area contributed by atoms with Crippen molar-refractivity contribution in [3.63, 3.8) is 0 Å². The normalized spacial score (nSPS) is 11.0. The molecule has 7 heteroatoms. The van der Waals surface area contributed by atoms with Crippen molar-refractivity contribution in [1.82, 2.24) is 14.9 Å². The van der Waals surface area contributed by atoms with Gasteiger partial charge in [-0.05, 0) is 36.8 Å². The van der Waals surface area contributed by atoms with E-state index >= 15 is 0 Å². The maximum absolute atomic E-state index is 10.9. The van der Waals surface area contributed by atoms with E-state index in [1.54, 1.807) is 18.3 Å². The Labute approximate surface area is 143 Å². The highest BCUT2D eigenvalue weighted by Crippen LogP contribution is 2.17. The minimum absolute atomic E-state index is 0.229. The van der Waals surface area contributed by atoms with Crippen molar-refractivity contribution < 1.29 is 9.90 Å². The van der Waals surface area contributed by atoms with E-state index in [0.717, 1.165) is 16.7 Å². The number of aryl methyl sites for hydroxylation is 1. The Balaban J connectivity index is 1.92. The lowest BCUT2D eigenvalue weighted by atomic mass is 10.1. The van der Waals surface area contributed by atoms with E-state index in [9.17, 15) is 4.79 Å². The topological polar surface area (TPSA) is 83.3 Å². The monoisotopic (exact) mass is 338 g/mol. The number of carbonyl (C=O) groups is 1. The maximum atomic E-state index is 10.9. The predicted molar refractivity (Wildman–Crippen MR) is 94.0 cm³/mol. The van der Waals surface area contributed by atoms with Gasteiger partial charge >= 0.3 is 5.97 Å². The fourth-order valence-electron chi connectivity index (χ4n) is 2.12. The second kappa shape index (κ2) is 6.59. The van der Waals surface area contributed by atoms with Gasteiger partial charge in [0.15, 0.2) is 5.82 Å². The number of aromatic amines is 1. The van der Waals surface area contributed by atoms with E-state index in [-0.39, 0.29) is 5.56 Å². The fourth-order valence-corrected chi connectivity index (χ4v) is 2.30. The van der Waals surface area contributed by atoms with Crippen LogP contribution in [0.25, 0.3) is 11.4 Å². The lowest BCUT2D eigenvalue weighted by Gasteiger charge is -2.01. The Morgan fingerprint density at radius 3 is 2.50 bits per heavy atom. The first kappa shape index (κ1) is 15.8. The Kier molecular flexibility index (Phi) is 4.35. The molecule has 24 heavy (non-hydrogen) atoms. The summed E-state index contributed by atoms with van der Waals surface area (Å²) in [5.41, 5.74) is 3.04. The molecule has 0 fully saturated rings. The van der Waals surface area contributed by atoms with Gasteiger partial charge in [-0.25, -0.2) is 9.89 Å². The molecule has 0 bridgehead atoms. The van der Waals surface area contributed by atoms with Gasteiger partial charge in [0.2, 0.25) is 4.77 Å². The zero-order valence-corrected chi connectivity index (χ0v) is 13.6. The van der Waals surface area contributed by atoms with E-state index < -0.39 is 5.97 Å². The van der Waals surface area contributed by atoms with Crippen LogP contribution in [0.4, 0.5) is 0 Å². The molecule has 0 amide bonds. The molecule has 0 atom stereocenters. The summed E-state index contributed by atoms with van der Waals surface area (Å²) in [6.45, 7) is 2.01. The van der Waals surface area contributed by atoms with Gasteiger partial charge in [0.25, 0.3) is 0 Å². The first-order valence-corrected chi connectivity index (χ1v) is 7.57. The standard InChI is InChI=1S/C17H14N4O2S/c1-11-2-6-13(7-3-11)15-19-20-17(24)21(15)18-10-12-4-8-14(9-5-12)16(22)23/h2-10H,1H3,(H,20,24)(H,22,23)/b18-10-. The van der Waals surface area contributed by atoms with Crippen LogP contribution >= 0.6 is 12.2 Å². The number of nitrogens with one attached hydrogen (secondary N) is 1. The lowest BCUT2D eigenvalue weighted by Crippen LogP contribution is -1.97. The molecule has 3 rings (SSSR count). The SMILES string of the molecule is Cc1ccc(-c2n[nH]c(=S)n2/N=C\c2ccc(C(=O)O)cc2)cc1. The molecular formula is C17H14N4O2S. The Morgan fingerprint density at radius 1 is 1.21 bits per heavy atom. The highest BCUT2D eigenvalue weighted by molar-refractivity contribution is 7.71. The number of hydrogen-bond donors (Lipinski definition) is 2. The molecule has 3 aromatic rings. The average Bonchev–Trinajstić information content (AvgIpc) is 2.95. The lowest BCUT2D eigenvalue weighted by molar-refractivity contribution is 0.0697. The first-order chi connectivity index (χ1) is 11.5. The van der Waals surface area contributed by atoms with Gasteiger partial charge in [0.05, 0.1) is 11.8 Å². The minimum atomic E-state index is -0.961. The van der Waals surface area contributed by atoms with Crippen LogP contribution in [0, 0.1) is 11.7 Å². The molecule has 120 valence electrons. The molecule has 0 saturated carbocycles. The van der Waals surface area contributed by atoms with Gasteiger partial charge in [-0.3, -0.25) is 0 Å². The Morgan fingerprint density at radius 2 is 1.88 bits per heavy atom. The summed E-state index contributed by atoms with van der Waals surface area (Å²) in [6.07, 6.45) is 1.61. The molecule has 0 unspecified atom stereocenters. The summed E-state index contributed by atoms with van der Waals surface area (Å²) in [5.74, 6) is -0.351. The van der Waals surface area contributed by atoms with Crippen LogP contribution in [0.1, 0.15) is 21.5 Å². The summed E-state index contributed by atoms with van der Waals surface area (Å²) in [6, 6.07) is 14.3. The molecule has 0 saturated heterocycles. The summed E-state index contributed by atoms with van der Waals surface area (Å²) in [7, 11) is 0. The Bertz CT molecular complexity index is 954. The fraction of sp³-hybridized carbons (Fsp3) is 0.0588. The minimum Gasteiger partial charge on any atom is -0.478 e. The van der Waals surface area contributed by atoms with Crippen molar-refractivity contribution in [2.75, 3.05) is 0 Å². The average molecular weight is 338 g/mol. The first-order valence-electron chi connectivity index (χ1n) is 7.17. The van der Waals surface area contributed by atoms with Crippen LogP contribution in [0.3, 0.4) is 0 Å². The zero-order valence-electron chi connectivity index (χ0n) is 12.8. The van der Waals surface area contributed by atoms with Crippen molar-refractivity contribution in [2.24, 2.45) is 5.10 Å². The molecule has 0 radical (unpaired) electrons. The quantitative estimate of drug-likeness (QED) is 0.563. The molecule has 2 N–H and O–H groups in total. The van der Waals surface area contributed by atoms with Gasteiger partial charge in [0.1, 0.15) is 0 Å². The number of rotatable bonds is 4. The largest absolute Gasteiger partial charge is 0.478 e. The van der Waals surface area contributed by atoms with Crippen molar-refractivity contribution in [3.8, 4) is 11.4 Å². The number of hydrogen-bond acceptors (Lipinski definition) is 4. The molecular weight excluding hydrogens is 324 g/mol. The molecule has 1 aromatic heterocycles. The van der Waals surface area contributed by atoms with Crippen molar-refractivity contribution >= 4 is 24.4 Å². The van der Waals surface area contributed by atoms with E-state index in [4.69, 9.17) is 17.3 Å². The van der Waals surface area contributed by atoms with Gasteiger partial charge in [-0.2, -0.15) is 14.9 Å². The van der Waals surface area contributed by atoms with Gasteiger partial charge in [0, 0.05) is 5.56 Å². The second-order valence-electron chi connectivity index (χ2n) is 5.20. The third-order valence-corrected chi connectivity index (χ3v) is 3.70. The summed E-state index contributed by atoms with van der Waals surface area (Å²) in [4.78, 5) is 10.9. The van der Waals surface area contributed by atoms with E-state index in [1.165, 1.54) is 16.8 Å². The number of nitrogens with zero attached hydrogens (tertiary/aromatic N) is 3. The highest BCUT2D eigenvalue weighted by Gasteiger charge is 2.07. The summed E-state index contributed by atoms with van der Waals surface area (Å²) < 4.78 is 1.91. The zero-order chi connectivity index (χ0) is 17.1. The maximum Gasteiger partial charge on any atom is 0.335 e. The van der Waals surface area contributed by atoms with Gasteiger partial charge in [-0.1, -0.05) is 42.0 Å². The van der Waals surface area contributed by atoms with Crippen LogP contribution in [0.2, 0.25) is 0 Å². The molecule has 0 aliphatic rings. The predicted octanol–water partition coefficient (Wildman–Crippen LogP) is 3.50. The van der Waals surface area contributed by atoms with Crippen LogP contribution in [0.5, 0.6) is 0 Å². The number of carboxylic acids is 1. The molecule has 2 aromatic carbocycles. The molecule has 0 aliphatic carbocycles. The summed E-state index contributed by atoms with van der Waals surface area (Å²) in [5, 5.41) is 20.2. The van der Waals surface area contributed by atoms with Crippen LogP contribution < -0.4 is 0 Å². The third kappa shape index (κ3) is 3.31. The number of aromatic carboxylic acids is 1. The van der Waals surface area contributed by atoms with Gasteiger partial charge < -0.3 is 5.11 Å². The summed E-state index contributed by atoms with van der Waals surface area (Å²) >= 11 is 5.22. The van der Waals surface area contributed by atoms with E-state index in [0.29, 0.717) is 10.6 Å². The Hall–Kier alpha value is -3.06. The molecule has 1 heterocycles. The van der Waals surface area contributed by atoms with Gasteiger partial charge in [-0.15, -0.1) is 0 Å². The highest BCUT2D eigenvalue weighted by atomic mass is 32.1. The number of H-pyrrole nitrogens is 1. The smallest absolute Gasteiger partial charge is 0.335 e. The number of aromatic nitrogens is 3.